The topological polar surface area (TPSA) is 29.3 Å². The summed E-state index contributed by atoms with van der Waals surface area (Å²) in [5.74, 6) is 0. The first-order valence-electron chi connectivity index (χ1n) is 7.18. The first kappa shape index (κ1) is 15.2. The van der Waals surface area contributed by atoms with E-state index in [4.69, 9.17) is 5.73 Å². The smallest absolute Gasteiger partial charge is 0.0370 e. The van der Waals surface area contributed by atoms with Crippen molar-refractivity contribution in [2.24, 2.45) is 5.73 Å². The van der Waals surface area contributed by atoms with E-state index in [0.29, 0.717) is 6.54 Å². The molecule has 1 aromatic carbocycles. The van der Waals surface area contributed by atoms with Crippen molar-refractivity contribution >= 4 is 11.3 Å². The standard InChI is InChI=1S/C17H24N2S/c1-3-17(14-18,12-15-8-5-4-6-9-15)19(2)13-16-10-7-11-20-16/h4-11H,3,12-14,18H2,1-2H3. The van der Waals surface area contributed by atoms with Crippen molar-refractivity contribution in [3.05, 3.63) is 58.3 Å². The Balaban J connectivity index is 2.15. The lowest BCUT2D eigenvalue weighted by molar-refractivity contribution is 0.113. The van der Waals surface area contributed by atoms with Crippen molar-refractivity contribution in [3.63, 3.8) is 0 Å². The van der Waals surface area contributed by atoms with Gasteiger partial charge in [0.15, 0.2) is 0 Å². The Labute approximate surface area is 126 Å². The summed E-state index contributed by atoms with van der Waals surface area (Å²) in [7, 11) is 2.19. The van der Waals surface area contributed by atoms with Crippen LogP contribution in [0.1, 0.15) is 23.8 Å². The van der Waals surface area contributed by atoms with Gasteiger partial charge in [-0.25, -0.2) is 0 Å². The predicted octanol–water partition coefficient (Wildman–Crippen LogP) is 3.53. The van der Waals surface area contributed by atoms with Gasteiger partial charge in [0.2, 0.25) is 0 Å². The van der Waals surface area contributed by atoms with Crippen molar-refractivity contribution in [1.82, 2.24) is 4.90 Å². The Kier molecular flexibility index (Phi) is 5.35. The van der Waals surface area contributed by atoms with Crippen molar-refractivity contribution in [1.29, 1.82) is 0 Å². The van der Waals surface area contributed by atoms with E-state index in [1.54, 1.807) is 0 Å². The Bertz CT molecular complexity index is 489. The first-order valence-corrected chi connectivity index (χ1v) is 8.06. The quantitative estimate of drug-likeness (QED) is 0.844. The molecule has 0 saturated heterocycles. The summed E-state index contributed by atoms with van der Waals surface area (Å²) in [4.78, 5) is 3.82. The summed E-state index contributed by atoms with van der Waals surface area (Å²) in [6, 6.07) is 15.0. The maximum absolute atomic E-state index is 6.16. The van der Waals surface area contributed by atoms with Crippen molar-refractivity contribution < 1.29 is 0 Å². The van der Waals surface area contributed by atoms with E-state index in [1.165, 1.54) is 10.4 Å². The number of nitrogens with two attached hydrogens (primary N) is 1. The fourth-order valence-corrected chi connectivity index (χ4v) is 3.44. The van der Waals surface area contributed by atoms with Gasteiger partial charge in [-0.3, -0.25) is 4.90 Å². The molecule has 1 unspecified atom stereocenters. The van der Waals surface area contributed by atoms with Crippen LogP contribution in [0.2, 0.25) is 0 Å². The van der Waals surface area contributed by atoms with Gasteiger partial charge in [0, 0.05) is 23.5 Å². The molecular formula is C17H24N2S. The third kappa shape index (κ3) is 3.48. The molecule has 1 aromatic heterocycles. The molecule has 20 heavy (non-hydrogen) atoms. The molecule has 2 N–H and O–H groups in total. The van der Waals surface area contributed by atoms with Crippen LogP contribution in [0.15, 0.2) is 47.8 Å². The van der Waals surface area contributed by atoms with Crippen LogP contribution in [0.25, 0.3) is 0 Å². The average Bonchev–Trinajstić information content (AvgIpc) is 2.99. The lowest BCUT2D eigenvalue weighted by atomic mass is 9.86. The molecule has 2 rings (SSSR count). The third-order valence-corrected chi connectivity index (χ3v) is 5.06. The minimum atomic E-state index is 0.0331. The van der Waals surface area contributed by atoms with Gasteiger partial charge >= 0.3 is 0 Å². The summed E-state index contributed by atoms with van der Waals surface area (Å²) < 4.78 is 0. The summed E-state index contributed by atoms with van der Waals surface area (Å²) in [6.07, 6.45) is 2.06. The van der Waals surface area contributed by atoms with Crippen LogP contribution in [0.4, 0.5) is 0 Å². The molecule has 0 aliphatic carbocycles. The second-order valence-corrected chi connectivity index (χ2v) is 6.41. The van der Waals surface area contributed by atoms with E-state index in [1.807, 2.05) is 11.3 Å². The van der Waals surface area contributed by atoms with Crippen LogP contribution < -0.4 is 5.73 Å². The van der Waals surface area contributed by atoms with Crippen LogP contribution in [-0.2, 0) is 13.0 Å². The summed E-state index contributed by atoms with van der Waals surface area (Å²) in [6.45, 7) is 3.89. The fraction of sp³-hybridized carbons (Fsp3) is 0.412. The second kappa shape index (κ2) is 7.02. The number of rotatable bonds is 7. The molecule has 0 fully saturated rings. The van der Waals surface area contributed by atoms with Gasteiger partial charge in [0.1, 0.15) is 0 Å². The lowest BCUT2D eigenvalue weighted by Crippen LogP contribution is -2.52. The van der Waals surface area contributed by atoms with Crippen LogP contribution in [0.3, 0.4) is 0 Å². The van der Waals surface area contributed by atoms with Crippen LogP contribution in [0, 0.1) is 0 Å². The molecule has 0 aliphatic heterocycles. The minimum absolute atomic E-state index is 0.0331. The molecule has 0 bridgehead atoms. The van der Waals surface area contributed by atoms with Crippen molar-refractivity contribution in [2.45, 2.75) is 31.8 Å². The zero-order chi connectivity index (χ0) is 14.4. The summed E-state index contributed by atoms with van der Waals surface area (Å²) >= 11 is 1.81. The van der Waals surface area contributed by atoms with Crippen molar-refractivity contribution in [3.8, 4) is 0 Å². The molecule has 0 aliphatic rings. The molecular weight excluding hydrogens is 264 g/mol. The Morgan fingerprint density at radius 3 is 2.45 bits per heavy atom. The number of thiophene rings is 1. The van der Waals surface area contributed by atoms with Gasteiger partial charge in [-0.1, -0.05) is 43.3 Å². The number of nitrogens with zero attached hydrogens (tertiary/aromatic N) is 1. The number of hydrogen-bond donors (Lipinski definition) is 1. The molecule has 2 nitrogen and oxygen atoms in total. The van der Waals surface area contributed by atoms with Gasteiger partial charge in [-0.2, -0.15) is 0 Å². The number of benzene rings is 1. The maximum atomic E-state index is 6.16. The Morgan fingerprint density at radius 2 is 1.90 bits per heavy atom. The summed E-state index contributed by atoms with van der Waals surface area (Å²) in [5.41, 5.74) is 7.55. The van der Waals surface area contributed by atoms with Crippen LogP contribution in [0.5, 0.6) is 0 Å². The van der Waals surface area contributed by atoms with E-state index < -0.39 is 0 Å². The highest BCUT2D eigenvalue weighted by atomic mass is 32.1. The Hall–Kier alpha value is -1.16. The van der Waals surface area contributed by atoms with Gasteiger partial charge in [-0.05, 0) is 36.9 Å². The molecule has 0 saturated carbocycles. The van der Waals surface area contributed by atoms with Crippen LogP contribution in [-0.4, -0.2) is 24.0 Å². The van der Waals surface area contributed by atoms with E-state index >= 15 is 0 Å². The van der Waals surface area contributed by atoms with Gasteiger partial charge < -0.3 is 5.73 Å². The fourth-order valence-electron chi connectivity index (χ4n) is 2.68. The van der Waals surface area contributed by atoms with Gasteiger partial charge in [-0.15, -0.1) is 11.3 Å². The molecule has 2 aromatic rings. The molecule has 1 atom stereocenters. The van der Waals surface area contributed by atoms with Crippen molar-refractivity contribution in [2.75, 3.05) is 13.6 Å². The largest absolute Gasteiger partial charge is 0.329 e. The van der Waals surface area contributed by atoms with Gasteiger partial charge in [0.05, 0.1) is 0 Å². The monoisotopic (exact) mass is 288 g/mol. The Morgan fingerprint density at radius 1 is 1.15 bits per heavy atom. The minimum Gasteiger partial charge on any atom is -0.329 e. The highest BCUT2D eigenvalue weighted by Crippen LogP contribution is 2.25. The average molecular weight is 288 g/mol. The highest BCUT2D eigenvalue weighted by Gasteiger charge is 2.31. The maximum Gasteiger partial charge on any atom is 0.0370 e. The molecule has 0 spiro atoms. The van der Waals surface area contributed by atoms with Gasteiger partial charge in [0.25, 0.3) is 0 Å². The first-order chi connectivity index (χ1) is 9.70. The normalized spacial score (nSPS) is 14.4. The van der Waals surface area contributed by atoms with E-state index in [2.05, 4.69) is 66.7 Å². The zero-order valence-corrected chi connectivity index (χ0v) is 13.2. The van der Waals surface area contributed by atoms with E-state index in [9.17, 15) is 0 Å². The third-order valence-electron chi connectivity index (χ3n) is 4.20. The molecule has 3 heteroatoms. The zero-order valence-electron chi connectivity index (χ0n) is 12.4. The second-order valence-electron chi connectivity index (χ2n) is 5.38. The molecule has 1 heterocycles. The van der Waals surface area contributed by atoms with E-state index in [0.717, 1.165) is 19.4 Å². The predicted molar refractivity (Wildman–Crippen MR) is 88.0 cm³/mol. The number of hydrogen-bond acceptors (Lipinski definition) is 3. The molecule has 108 valence electrons. The highest BCUT2D eigenvalue weighted by molar-refractivity contribution is 7.09. The molecule has 0 radical (unpaired) electrons. The van der Waals surface area contributed by atoms with Crippen LogP contribution >= 0.6 is 11.3 Å². The number of likely N-dealkylation sites (N-methyl/N-ethyl adjacent to an activating group) is 1. The lowest BCUT2D eigenvalue weighted by Gasteiger charge is -2.41. The SMILES string of the molecule is CCC(CN)(Cc1ccccc1)N(C)Cc1cccs1. The van der Waals surface area contributed by atoms with E-state index in [-0.39, 0.29) is 5.54 Å². The molecule has 0 amide bonds. The summed E-state index contributed by atoms with van der Waals surface area (Å²) in [5, 5.41) is 2.14.